The minimum Gasteiger partial charge on any atom is -0.351 e. The maximum Gasteiger partial charge on any atom is 0.440 e. The van der Waals surface area contributed by atoms with Crippen molar-refractivity contribution in [1.82, 2.24) is 0 Å². The van der Waals surface area contributed by atoms with Crippen LogP contribution in [-0.4, -0.2) is 10.1 Å². The first-order chi connectivity index (χ1) is 3.29. The van der Waals surface area contributed by atoms with Crippen LogP contribution in [0.2, 0.25) is 0 Å². The Labute approximate surface area is 43.0 Å². The third kappa shape index (κ3) is 0.894. The van der Waals surface area contributed by atoms with Gasteiger partial charge in [-0.1, -0.05) is 0 Å². The second-order valence-corrected chi connectivity index (χ2v) is 1.70. The molecule has 1 unspecified atom stereocenters. The van der Waals surface area contributed by atoms with Crippen molar-refractivity contribution in [3.63, 3.8) is 0 Å². The predicted molar refractivity (Wildman–Crippen MR) is 23.4 cm³/mol. The van der Waals surface area contributed by atoms with E-state index >= 15 is 0 Å². The monoisotopic (exact) mass is 121 g/mol. The number of oxime groups is 1. The molecule has 0 bridgehead atoms. The van der Waals surface area contributed by atoms with Crippen LogP contribution in [0.4, 0.5) is 0 Å². The van der Waals surface area contributed by atoms with Crippen LogP contribution in [0.1, 0.15) is 6.92 Å². The van der Waals surface area contributed by atoms with E-state index in [0.717, 1.165) is 0 Å². The molecule has 0 spiro atoms. The first kappa shape index (κ1) is 4.58. The van der Waals surface area contributed by atoms with E-state index in [0.29, 0.717) is 5.90 Å². The van der Waals surface area contributed by atoms with Gasteiger partial charge in [-0.2, -0.15) is 4.21 Å². The summed E-state index contributed by atoms with van der Waals surface area (Å²) in [5.41, 5.74) is 0. The fourth-order valence-electron chi connectivity index (χ4n) is 0.212. The molecule has 0 fully saturated rings. The Kier molecular flexibility index (Phi) is 0.976. The molecule has 4 nitrogen and oxygen atoms in total. The zero-order valence-corrected chi connectivity index (χ0v) is 4.40. The van der Waals surface area contributed by atoms with E-state index in [-0.39, 0.29) is 0 Å². The van der Waals surface area contributed by atoms with Gasteiger partial charge in [-0.05, 0) is 5.16 Å². The molecular formula is C2H3NO3S. The molecule has 0 saturated heterocycles. The van der Waals surface area contributed by atoms with Gasteiger partial charge in [-0.15, -0.1) is 0 Å². The van der Waals surface area contributed by atoms with Crippen LogP contribution in [0.25, 0.3) is 0 Å². The summed E-state index contributed by atoms with van der Waals surface area (Å²) in [6.45, 7) is 1.56. The Morgan fingerprint density at radius 2 is 2.57 bits per heavy atom. The third-order valence-corrected chi connectivity index (χ3v) is 0.989. The van der Waals surface area contributed by atoms with Crippen molar-refractivity contribution in [2.75, 3.05) is 0 Å². The molecule has 0 N–H and O–H groups in total. The zero-order chi connectivity index (χ0) is 5.28. The highest BCUT2D eigenvalue weighted by molar-refractivity contribution is 7.75. The number of nitrogens with zero attached hydrogens (tertiary/aromatic N) is 1. The van der Waals surface area contributed by atoms with Gasteiger partial charge in [0.15, 0.2) is 0 Å². The van der Waals surface area contributed by atoms with Gasteiger partial charge in [0, 0.05) is 6.92 Å². The summed E-state index contributed by atoms with van der Waals surface area (Å²) in [5.74, 6) is 0.304. The predicted octanol–water partition coefficient (Wildman–Crippen LogP) is -0.0547. The van der Waals surface area contributed by atoms with Crippen LogP contribution in [0.5, 0.6) is 0 Å². The Balaban J connectivity index is 2.58. The summed E-state index contributed by atoms with van der Waals surface area (Å²) in [5, 5.41) is 3.21. The summed E-state index contributed by atoms with van der Waals surface area (Å²) in [4.78, 5) is 0. The molecule has 1 heterocycles. The lowest BCUT2D eigenvalue weighted by atomic mass is 10.8. The molecule has 0 aliphatic carbocycles. The van der Waals surface area contributed by atoms with Crippen molar-refractivity contribution in [3.05, 3.63) is 0 Å². The van der Waals surface area contributed by atoms with Crippen molar-refractivity contribution in [1.29, 1.82) is 0 Å². The molecule has 40 valence electrons. The smallest absolute Gasteiger partial charge is 0.351 e. The van der Waals surface area contributed by atoms with Crippen LogP contribution < -0.4 is 0 Å². The topological polar surface area (TPSA) is 47.9 Å². The van der Waals surface area contributed by atoms with Crippen LogP contribution in [0, 0.1) is 0 Å². The van der Waals surface area contributed by atoms with Crippen LogP contribution in [0.15, 0.2) is 5.16 Å². The van der Waals surface area contributed by atoms with E-state index in [9.17, 15) is 4.21 Å². The van der Waals surface area contributed by atoms with Crippen LogP contribution in [-0.2, 0) is 19.8 Å². The van der Waals surface area contributed by atoms with E-state index in [1.54, 1.807) is 6.92 Å². The Hall–Kier alpha value is -0.580. The highest BCUT2D eigenvalue weighted by Gasteiger charge is 2.10. The zero-order valence-electron chi connectivity index (χ0n) is 3.58. The van der Waals surface area contributed by atoms with Gasteiger partial charge >= 0.3 is 11.4 Å². The highest BCUT2D eigenvalue weighted by Crippen LogP contribution is 2.00. The second kappa shape index (κ2) is 1.49. The summed E-state index contributed by atoms with van der Waals surface area (Å²) >= 11 is -1.66. The summed E-state index contributed by atoms with van der Waals surface area (Å²) < 4.78 is 18.5. The Morgan fingerprint density at radius 3 is 2.71 bits per heavy atom. The number of hydrogen-bond acceptors (Lipinski definition) is 4. The molecule has 7 heavy (non-hydrogen) atoms. The molecular weight excluding hydrogens is 118 g/mol. The van der Waals surface area contributed by atoms with Crippen LogP contribution in [0.3, 0.4) is 0 Å². The lowest BCUT2D eigenvalue weighted by molar-refractivity contribution is 0.371. The molecule has 1 rings (SSSR count). The van der Waals surface area contributed by atoms with E-state index < -0.39 is 11.4 Å². The van der Waals surface area contributed by atoms with Gasteiger partial charge in [0.25, 0.3) is 0 Å². The standard InChI is InChI=1S/C2H3NO3S/c1-2-3-6-7(4)5-2/h1H3. The largest absolute Gasteiger partial charge is 0.440 e. The first-order valence-electron chi connectivity index (χ1n) is 1.61. The minimum atomic E-state index is -1.66. The minimum absolute atomic E-state index is 0.304. The maximum absolute atomic E-state index is 10.0. The number of rotatable bonds is 0. The summed E-state index contributed by atoms with van der Waals surface area (Å²) in [6.07, 6.45) is 0. The summed E-state index contributed by atoms with van der Waals surface area (Å²) in [7, 11) is 0. The molecule has 1 atom stereocenters. The van der Waals surface area contributed by atoms with Crippen molar-refractivity contribution in [2.24, 2.45) is 5.16 Å². The van der Waals surface area contributed by atoms with Crippen molar-refractivity contribution in [2.45, 2.75) is 6.92 Å². The van der Waals surface area contributed by atoms with Gasteiger partial charge in [0.1, 0.15) is 0 Å². The molecule has 0 aromatic carbocycles. The SMILES string of the molecule is CC1=NOS(=O)O1. The van der Waals surface area contributed by atoms with Gasteiger partial charge < -0.3 is 4.18 Å². The lowest BCUT2D eigenvalue weighted by Gasteiger charge is -1.80. The average Bonchev–Trinajstić information content (AvgIpc) is 1.87. The van der Waals surface area contributed by atoms with E-state index in [4.69, 9.17) is 0 Å². The number of hydrogen-bond donors (Lipinski definition) is 0. The Morgan fingerprint density at radius 1 is 1.86 bits per heavy atom. The molecule has 0 aromatic heterocycles. The van der Waals surface area contributed by atoms with Gasteiger partial charge in [0.05, 0.1) is 0 Å². The molecule has 0 amide bonds. The summed E-state index contributed by atoms with van der Waals surface area (Å²) in [6, 6.07) is 0. The molecule has 0 aromatic rings. The second-order valence-electron chi connectivity index (χ2n) is 0.972. The fraction of sp³-hybridized carbons (Fsp3) is 0.500. The van der Waals surface area contributed by atoms with Crippen molar-refractivity contribution in [3.8, 4) is 0 Å². The molecule has 1 aliphatic heterocycles. The van der Waals surface area contributed by atoms with Crippen LogP contribution >= 0.6 is 0 Å². The van der Waals surface area contributed by atoms with Gasteiger partial charge in [-0.3, -0.25) is 4.28 Å². The Bertz CT molecular complexity index is 131. The van der Waals surface area contributed by atoms with Gasteiger partial charge in [-0.25, -0.2) is 0 Å². The highest BCUT2D eigenvalue weighted by atomic mass is 32.2. The molecule has 0 radical (unpaired) electrons. The van der Waals surface area contributed by atoms with Gasteiger partial charge in [0.2, 0.25) is 5.90 Å². The fourth-order valence-corrected chi connectivity index (χ4v) is 0.635. The molecule has 1 aliphatic rings. The third-order valence-electron chi connectivity index (χ3n) is 0.415. The maximum atomic E-state index is 10.0. The quantitative estimate of drug-likeness (QED) is 0.451. The van der Waals surface area contributed by atoms with E-state index in [1.807, 2.05) is 0 Å². The normalized spacial score (nSPS) is 28.1. The van der Waals surface area contributed by atoms with E-state index in [2.05, 4.69) is 13.6 Å². The van der Waals surface area contributed by atoms with E-state index in [1.165, 1.54) is 0 Å². The van der Waals surface area contributed by atoms with Crippen molar-refractivity contribution < 1.29 is 12.7 Å². The van der Waals surface area contributed by atoms with Crippen molar-refractivity contribution >= 4 is 17.3 Å². The average molecular weight is 121 g/mol. The molecule has 5 heteroatoms. The molecule has 0 saturated carbocycles. The first-order valence-corrected chi connectivity index (χ1v) is 2.61. The lowest BCUT2D eigenvalue weighted by Crippen LogP contribution is -1.91.